The molecule has 3 heterocycles. The number of amides is 3. The van der Waals surface area contributed by atoms with Gasteiger partial charge < -0.3 is 15.1 Å². The Labute approximate surface area is 172 Å². The van der Waals surface area contributed by atoms with E-state index in [1.54, 1.807) is 4.90 Å². The maximum Gasteiger partial charge on any atom is 0.254 e. The van der Waals surface area contributed by atoms with Crippen molar-refractivity contribution in [1.29, 1.82) is 0 Å². The van der Waals surface area contributed by atoms with Gasteiger partial charge in [0.1, 0.15) is 6.04 Å². The molecule has 1 aromatic rings. The summed E-state index contributed by atoms with van der Waals surface area (Å²) in [5.74, 6) is 0.0688. The Morgan fingerprint density at radius 1 is 1.17 bits per heavy atom. The Kier molecular flexibility index (Phi) is 5.85. The summed E-state index contributed by atoms with van der Waals surface area (Å²) in [5, 5.41) is 3.07. The zero-order valence-corrected chi connectivity index (χ0v) is 17.0. The van der Waals surface area contributed by atoms with Gasteiger partial charge in [-0.1, -0.05) is 25.1 Å². The smallest absolute Gasteiger partial charge is 0.254 e. The summed E-state index contributed by atoms with van der Waals surface area (Å²) in [6.07, 6.45) is 2.96. The number of nitrogens with one attached hydrogen (secondary N) is 1. The van der Waals surface area contributed by atoms with Crippen molar-refractivity contribution in [3.05, 3.63) is 35.9 Å². The number of carbonyl (C=O) groups excluding carboxylic acids is 3. The van der Waals surface area contributed by atoms with Crippen LogP contribution in [0.2, 0.25) is 0 Å². The number of fused-ring (bicyclic) bond motifs is 2. The van der Waals surface area contributed by atoms with E-state index in [4.69, 9.17) is 0 Å². The van der Waals surface area contributed by atoms with Gasteiger partial charge in [0.25, 0.3) is 5.91 Å². The zero-order valence-electron chi connectivity index (χ0n) is 17.0. The molecule has 0 aromatic heterocycles. The SMILES string of the molecule is CC[C@H](C(=O)NC[C@@H]1CN(C(=O)c2ccccc2)[C@H]2CCN1C2)N1CCCC1=O. The van der Waals surface area contributed by atoms with E-state index in [2.05, 4.69) is 10.2 Å². The van der Waals surface area contributed by atoms with Gasteiger partial charge in [0, 0.05) is 56.8 Å². The molecule has 3 fully saturated rings. The van der Waals surface area contributed by atoms with Gasteiger partial charge in [0.05, 0.1) is 0 Å². The first-order valence-corrected chi connectivity index (χ1v) is 10.8. The molecule has 29 heavy (non-hydrogen) atoms. The minimum absolute atomic E-state index is 0.0718. The summed E-state index contributed by atoms with van der Waals surface area (Å²) >= 11 is 0. The summed E-state index contributed by atoms with van der Waals surface area (Å²) in [7, 11) is 0. The molecule has 1 N–H and O–H groups in total. The van der Waals surface area contributed by atoms with E-state index in [1.807, 2.05) is 42.2 Å². The summed E-state index contributed by atoms with van der Waals surface area (Å²) < 4.78 is 0. The van der Waals surface area contributed by atoms with E-state index in [1.165, 1.54) is 0 Å². The second-order valence-electron chi connectivity index (χ2n) is 8.27. The van der Waals surface area contributed by atoms with E-state index in [0.29, 0.717) is 38.0 Å². The van der Waals surface area contributed by atoms with Crippen LogP contribution in [-0.4, -0.2) is 83.3 Å². The molecule has 7 nitrogen and oxygen atoms in total. The molecule has 7 heteroatoms. The lowest BCUT2D eigenvalue weighted by atomic mass is 10.1. The van der Waals surface area contributed by atoms with Crippen LogP contribution in [0, 0.1) is 0 Å². The zero-order chi connectivity index (χ0) is 20.4. The van der Waals surface area contributed by atoms with Gasteiger partial charge in [0.15, 0.2) is 0 Å². The Bertz CT molecular complexity index is 769. The normalized spacial score (nSPS) is 27.2. The second-order valence-corrected chi connectivity index (χ2v) is 8.27. The lowest BCUT2D eigenvalue weighted by Crippen LogP contribution is -2.58. The number of benzene rings is 1. The summed E-state index contributed by atoms with van der Waals surface area (Å²) in [6.45, 7) is 5.55. The molecule has 3 saturated heterocycles. The van der Waals surface area contributed by atoms with Crippen molar-refractivity contribution < 1.29 is 14.4 Å². The van der Waals surface area contributed by atoms with Gasteiger partial charge in [-0.25, -0.2) is 0 Å². The van der Waals surface area contributed by atoms with Crippen LogP contribution in [0.4, 0.5) is 0 Å². The number of hydrogen-bond acceptors (Lipinski definition) is 4. The van der Waals surface area contributed by atoms with Crippen LogP contribution in [-0.2, 0) is 9.59 Å². The van der Waals surface area contributed by atoms with Crippen molar-refractivity contribution in [1.82, 2.24) is 20.0 Å². The molecule has 156 valence electrons. The molecule has 4 rings (SSSR count). The molecule has 2 bridgehead atoms. The van der Waals surface area contributed by atoms with Gasteiger partial charge in [-0.2, -0.15) is 0 Å². The summed E-state index contributed by atoms with van der Waals surface area (Å²) in [4.78, 5) is 43.9. The highest BCUT2D eigenvalue weighted by molar-refractivity contribution is 5.94. The molecule has 0 aliphatic carbocycles. The first-order chi connectivity index (χ1) is 14.1. The van der Waals surface area contributed by atoms with Crippen LogP contribution in [0.15, 0.2) is 30.3 Å². The summed E-state index contributed by atoms with van der Waals surface area (Å²) in [6, 6.07) is 9.39. The number of nitrogens with zero attached hydrogens (tertiary/aromatic N) is 3. The number of rotatable bonds is 6. The molecule has 1 aromatic carbocycles. The largest absolute Gasteiger partial charge is 0.353 e. The van der Waals surface area contributed by atoms with Crippen molar-refractivity contribution in [2.24, 2.45) is 0 Å². The van der Waals surface area contributed by atoms with Crippen molar-refractivity contribution in [3.8, 4) is 0 Å². The van der Waals surface area contributed by atoms with Crippen LogP contribution in [0.3, 0.4) is 0 Å². The molecule has 3 aliphatic heterocycles. The summed E-state index contributed by atoms with van der Waals surface area (Å²) in [5.41, 5.74) is 0.717. The standard InChI is InChI=1S/C22H30N4O3/c1-2-19(25-11-6-9-20(25)27)21(28)23-13-18-15-26(17-10-12-24(18)14-17)22(29)16-7-4-3-5-8-16/h3-5,7-8,17-19H,2,6,9-15H2,1H3,(H,23,28)/t17-,18+,19+/m0/s1. The first kappa shape index (κ1) is 19.9. The number of likely N-dealkylation sites (tertiary alicyclic amines) is 1. The Balaban J connectivity index is 1.39. The fraction of sp³-hybridized carbons (Fsp3) is 0.591. The van der Waals surface area contributed by atoms with E-state index in [0.717, 1.165) is 25.9 Å². The lowest BCUT2D eigenvalue weighted by molar-refractivity contribution is -0.137. The Hall–Kier alpha value is -2.41. The third-order valence-electron chi connectivity index (χ3n) is 6.53. The lowest BCUT2D eigenvalue weighted by Gasteiger charge is -2.40. The number of piperazine rings is 1. The molecule has 1 unspecified atom stereocenters. The number of hydrogen-bond donors (Lipinski definition) is 1. The molecule has 3 aliphatic rings. The highest BCUT2D eigenvalue weighted by Crippen LogP contribution is 2.26. The molecule has 0 saturated carbocycles. The quantitative estimate of drug-likeness (QED) is 0.779. The van der Waals surface area contributed by atoms with Gasteiger partial charge >= 0.3 is 0 Å². The van der Waals surface area contributed by atoms with E-state index in [-0.39, 0.29) is 35.8 Å². The Morgan fingerprint density at radius 2 is 1.97 bits per heavy atom. The first-order valence-electron chi connectivity index (χ1n) is 10.8. The van der Waals surface area contributed by atoms with Gasteiger partial charge in [-0.05, 0) is 31.4 Å². The van der Waals surface area contributed by atoms with Crippen molar-refractivity contribution in [2.45, 2.75) is 50.7 Å². The average molecular weight is 399 g/mol. The van der Waals surface area contributed by atoms with Crippen LogP contribution in [0.5, 0.6) is 0 Å². The van der Waals surface area contributed by atoms with Crippen molar-refractivity contribution in [2.75, 3.05) is 32.7 Å². The third kappa shape index (κ3) is 4.01. The highest BCUT2D eigenvalue weighted by atomic mass is 16.2. The predicted molar refractivity (Wildman–Crippen MR) is 109 cm³/mol. The second kappa shape index (κ2) is 8.53. The fourth-order valence-electron chi connectivity index (χ4n) is 4.92. The minimum atomic E-state index is -0.387. The van der Waals surface area contributed by atoms with Crippen LogP contribution < -0.4 is 5.32 Å². The van der Waals surface area contributed by atoms with Crippen molar-refractivity contribution in [3.63, 3.8) is 0 Å². The molecule has 3 amide bonds. The predicted octanol–water partition coefficient (Wildman–Crippen LogP) is 1.10. The monoisotopic (exact) mass is 398 g/mol. The highest BCUT2D eigenvalue weighted by Gasteiger charge is 2.41. The molecule has 0 radical (unpaired) electrons. The topological polar surface area (TPSA) is 73.0 Å². The number of carbonyl (C=O) groups is 3. The van der Waals surface area contributed by atoms with E-state index < -0.39 is 0 Å². The van der Waals surface area contributed by atoms with Gasteiger partial charge in [-0.15, -0.1) is 0 Å². The molecule has 4 atom stereocenters. The third-order valence-corrected chi connectivity index (χ3v) is 6.53. The molecule has 0 spiro atoms. The molecular weight excluding hydrogens is 368 g/mol. The van der Waals surface area contributed by atoms with Crippen molar-refractivity contribution >= 4 is 17.7 Å². The van der Waals surface area contributed by atoms with Gasteiger partial charge in [0.2, 0.25) is 11.8 Å². The van der Waals surface area contributed by atoms with E-state index in [9.17, 15) is 14.4 Å². The van der Waals surface area contributed by atoms with E-state index >= 15 is 0 Å². The molecular formula is C22H30N4O3. The maximum absolute atomic E-state index is 13.0. The van der Waals surface area contributed by atoms with Crippen LogP contribution in [0.25, 0.3) is 0 Å². The Morgan fingerprint density at radius 3 is 2.66 bits per heavy atom. The fourth-order valence-corrected chi connectivity index (χ4v) is 4.92. The van der Waals surface area contributed by atoms with Crippen LogP contribution in [0.1, 0.15) is 43.0 Å². The average Bonchev–Trinajstić information content (AvgIpc) is 3.35. The minimum Gasteiger partial charge on any atom is -0.353 e. The van der Waals surface area contributed by atoms with Crippen LogP contribution >= 0.6 is 0 Å². The van der Waals surface area contributed by atoms with Gasteiger partial charge in [-0.3, -0.25) is 19.3 Å². The maximum atomic E-state index is 13.0.